The lowest BCUT2D eigenvalue weighted by molar-refractivity contribution is -0.121. The van der Waals surface area contributed by atoms with Crippen LogP contribution in [0.15, 0.2) is 76.0 Å². The van der Waals surface area contributed by atoms with Crippen LogP contribution >= 0.6 is 11.3 Å². The van der Waals surface area contributed by atoms with Gasteiger partial charge in [-0.05, 0) is 41.6 Å². The Morgan fingerprint density at radius 1 is 1.16 bits per heavy atom. The van der Waals surface area contributed by atoms with E-state index >= 15 is 0 Å². The van der Waals surface area contributed by atoms with E-state index in [0.29, 0.717) is 0 Å². The summed E-state index contributed by atoms with van der Waals surface area (Å²) < 4.78 is 33.4. The molecule has 162 valence electrons. The highest BCUT2D eigenvalue weighted by Gasteiger charge is 2.30. The van der Waals surface area contributed by atoms with E-state index < -0.39 is 22.5 Å². The molecular weight excluding hydrogens is 434 g/mol. The Hall–Kier alpha value is -3.01. The number of hydrogen-bond donors (Lipinski definition) is 1. The number of ether oxygens (including phenoxy) is 1. The Bertz CT molecular complexity index is 1140. The Morgan fingerprint density at radius 3 is 2.61 bits per heavy atom. The molecule has 1 amide bonds. The van der Waals surface area contributed by atoms with Gasteiger partial charge < -0.3 is 4.74 Å². The lowest BCUT2D eigenvalue weighted by Crippen LogP contribution is -2.39. The maximum absolute atomic E-state index is 13.5. The molecule has 0 aliphatic carbocycles. The van der Waals surface area contributed by atoms with Gasteiger partial charge in [-0.1, -0.05) is 42.5 Å². The number of thiophene rings is 1. The number of hydrogen-bond acceptors (Lipinski definition) is 6. The molecule has 0 saturated carbocycles. The fourth-order valence-electron chi connectivity index (χ4n) is 2.87. The zero-order valence-electron chi connectivity index (χ0n) is 17.2. The average molecular weight is 458 g/mol. The minimum Gasteiger partial charge on any atom is -0.495 e. The normalized spacial score (nSPS) is 11.7. The molecule has 0 aliphatic rings. The summed E-state index contributed by atoms with van der Waals surface area (Å²) in [7, 11) is -2.62. The molecule has 1 heterocycles. The molecule has 1 aromatic heterocycles. The zero-order chi connectivity index (χ0) is 22.3. The number of hydrazone groups is 1. The van der Waals surface area contributed by atoms with E-state index in [1.807, 2.05) is 47.8 Å². The van der Waals surface area contributed by atoms with Crippen LogP contribution in [-0.2, 0) is 21.4 Å². The van der Waals surface area contributed by atoms with Gasteiger partial charge in [0.2, 0.25) is 10.0 Å². The van der Waals surface area contributed by atoms with E-state index in [-0.39, 0.29) is 17.2 Å². The molecule has 0 spiro atoms. The summed E-state index contributed by atoms with van der Waals surface area (Å²) >= 11 is 1.48. The van der Waals surface area contributed by atoms with Crippen molar-refractivity contribution in [2.75, 3.05) is 13.7 Å². The summed E-state index contributed by atoms with van der Waals surface area (Å²) in [5.41, 5.74) is 3.93. The maximum atomic E-state index is 13.5. The van der Waals surface area contributed by atoms with Gasteiger partial charge in [0, 0.05) is 11.4 Å². The summed E-state index contributed by atoms with van der Waals surface area (Å²) in [5.74, 6) is -0.321. The van der Waals surface area contributed by atoms with Crippen LogP contribution in [-0.4, -0.2) is 38.5 Å². The van der Waals surface area contributed by atoms with Crippen molar-refractivity contribution in [2.24, 2.45) is 5.10 Å². The van der Waals surface area contributed by atoms with E-state index in [1.165, 1.54) is 24.7 Å². The van der Waals surface area contributed by atoms with E-state index in [2.05, 4.69) is 10.5 Å². The van der Waals surface area contributed by atoms with Crippen LogP contribution in [0.4, 0.5) is 0 Å². The largest absolute Gasteiger partial charge is 0.495 e. The quantitative estimate of drug-likeness (QED) is 0.394. The molecule has 0 fully saturated rings. The summed E-state index contributed by atoms with van der Waals surface area (Å²) in [6.45, 7) is 1.43. The number of sulfonamides is 1. The zero-order valence-corrected chi connectivity index (χ0v) is 18.8. The number of carbonyl (C=O) groups is 1. The first kappa shape index (κ1) is 22.7. The monoisotopic (exact) mass is 457 g/mol. The highest BCUT2D eigenvalue weighted by atomic mass is 32.2. The molecular formula is C22H23N3O4S2. The standard InChI is InChI=1S/C22H23N3O4S2/c1-17-10-11-20(29-2)21(13-17)31(27,28)25(15-18-7-4-3-5-8-18)16-22(26)24-23-14-19-9-6-12-30-19/h3-14H,15-16H2,1-2H3,(H,24,26)/b23-14+. The third kappa shape index (κ3) is 6.00. The Kier molecular flexibility index (Phi) is 7.56. The van der Waals surface area contributed by atoms with Gasteiger partial charge in [0.1, 0.15) is 10.6 Å². The van der Waals surface area contributed by atoms with Gasteiger partial charge in [0.15, 0.2) is 0 Å². The van der Waals surface area contributed by atoms with E-state index in [1.54, 1.807) is 25.1 Å². The first-order valence-corrected chi connectivity index (χ1v) is 11.8. The number of carbonyl (C=O) groups excluding carboxylic acids is 1. The Labute approximate surface area is 186 Å². The van der Waals surface area contributed by atoms with Crippen molar-refractivity contribution >= 4 is 33.5 Å². The van der Waals surface area contributed by atoms with Crippen molar-refractivity contribution in [3.8, 4) is 5.75 Å². The fraction of sp³-hybridized carbons (Fsp3) is 0.182. The van der Waals surface area contributed by atoms with Crippen LogP contribution in [0.3, 0.4) is 0 Å². The minimum absolute atomic E-state index is 0.0146. The summed E-state index contributed by atoms with van der Waals surface area (Å²) in [5, 5.41) is 5.81. The van der Waals surface area contributed by atoms with Crippen molar-refractivity contribution in [3.63, 3.8) is 0 Å². The second-order valence-corrected chi connectivity index (χ2v) is 9.61. The van der Waals surface area contributed by atoms with Crippen molar-refractivity contribution in [3.05, 3.63) is 82.0 Å². The smallest absolute Gasteiger partial charge is 0.255 e. The molecule has 31 heavy (non-hydrogen) atoms. The third-order valence-corrected chi connectivity index (χ3v) is 7.00. The van der Waals surface area contributed by atoms with Crippen LogP contribution in [0.1, 0.15) is 16.0 Å². The number of aryl methyl sites for hydroxylation is 1. The molecule has 0 radical (unpaired) electrons. The van der Waals surface area contributed by atoms with Crippen LogP contribution in [0.5, 0.6) is 5.75 Å². The van der Waals surface area contributed by atoms with Crippen molar-refractivity contribution in [1.82, 2.24) is 9.73 Å². The summed E-state index contributed by atoms with van der Waals surface area (Å²) in [6.07, 6.45) is 1.52. The van der Waals surface area contributed by atoms with Gasteiger partial charge in [0.05, 0.1) is 19.9 Å². The molecule has 0 aliphatic heterocycles. The van der Waals surface area contributed by atoms with Crippen molar-refractivity contribution in [2.45, 2.75) is 18.4 Å². The lowest BCUT2D eigenvalue weighted by Gasteiger charge is -2.23. The van der Waals surface area contributed by atoms with Crippen LogP contribution in [0, 0.1) is 6.92 Å². The van der Waals surface area contributed by atoms with Crippen LogP contribution < -0.4 is 10.2 Å². The number of nitrogens with one attached hydrogen (secondary N) is 1. The number of methoxy groups -OCH3 is 1. The van der Waals surface area contributed by atoms with Gasteiger partial charge in [0.25, 0.3) is 5.91 Å². The molecule has 9 heteroatoms. The van der Waals surface area contributed by atoms with Gasteiger partial charge in [-0.25, -0.2) is 13.8 Å². The molecule has 7 nitrogen and oxygen atoms in total. The van der Waals surface area contributed by atoms with Gasteiger partial charge >= 0.3 is 0 Å². The van der Waals surface area contributed by atoms with E-state index in [0.717, 1.165) is 20.3 Å². The van der Waals surface area contributed by atoms with Crippen LogP contribution in [0.2, 0.25) is 0 Å². The first-order chi connectivity index (χ1) is 14.9. The predicted octanol–water partition coefficient (Wildman–Crippen LogP) is 3.41. The average Bonchev–Trinajstić information content (AvgIpc) is 3.27. The molecule has 3 rings (SSSR count). The highest BCUT2D eigenvalue weighted by Crippen LogP contribution is 2.28. The molecule has 1 N–H and O–H groups in total. The van der Waals surface area contributed by atoms with E-state index in [4.69, 9.17) is 4.74 Å². The molecule has 3 aromatic rings. The molecule has 0 unspecified atom stereocenters. The number of rotatable bonds is 9. The minimum atomic E-state index is -4.03. The third-order valence-electron chi connectivity index (χ3n) is 4.38. The number of amides is 1. The Morgan fingerprint density at radius 2 is 1.94 bits per heavy atom. The molecule has 0 bridgehead atoms. The highest BCUT2D eigenvalue weighted by molar-refractivity contribution is 7.89. The van der Waals surface area contributed by atoms with Crippen molar-refractivity contribution in [1.29, 1.82) is 0 Å². The van der Waals surface area contributed by atoms with Crippen LogP contribution in [0.25, 0.3) is 0 Å². The molecule has 2 aromatic carbocycles. The second-order valence-electron chi connectivity index (χ2n) is 6.72. The van der Waals surface area contributed by atoms with Gasteiger partial charge in [-0.15, -0.1) is 11.3 Å². The number of benzene rings is 2. The molecule has 0 saturated heterocycles. The van der Waals surface area contributed by atoms with Crippen molar-refractivity contribution < 1.29 is 17.9 Å². The predicted molar refractivity (Wildman–Crippen MR) is 122 cm³/mol. The van der Waals surface area contributed by atoms with Gasteiger partial charge in [-0.2, -0.15) is 9.41 Å². The first-order valence-electron chi connectivity index (χ1n) is 9.44. The molecule has 0 atom stereocenters. The Balaban J connectivity index is 1.87. The second kappa shape index (κ2) is 10.3. The SMILES string of the molecule is COc1ccc(C)cc1S(=O)(=O)N(CC(=O)N/N=C/c1cccs1)Cc1ccccc1. The summed E-state index contributed by atoms with van der Waals surface area (Å²) in [6, 6.07) is 17.7. The maximum Gasteiger partial charge on any atom is 0.255 e. The van der Waals surface area contributed by atoms with Gasteiger partial charge in [-0.3, -0.25) is 4.79 Å². The fourth-order valence-corrected chi connectivity index (χ4v) is 5.08. The lowest BCUT2D eigenvalue weighted by atomic mass is 10.2. The topological polar surface area (TPSA) is 88.1 Å². The number of nitrogens with zero attached hydrogens (tertiary/aromatic N) is 2. The summed E-state index contributed by atoms with van der Waals surface area (Å²) in [4.78, 5) is 13.4. The van der Waals surface area contributed by atoms with E-state index in [9.17, 15) is 13.2 Å².